The SMILES string of the molecule is Fc1cccc(-n2nccc2Cc2nc3cncnc3[nH]2)n1. The van der Waals surface area contributed by atoms with Crippen molar-refractivity contribution >= 4 is 11.2 Å². The van der Waals surface area contributed by atoms with Crippen LogP contribution in [-0.4, -0.2) is 34.7 Å². The zero-order valence-electron chi connectivity index (χ0n) is 11.3. The Kier molecular flexibility index (Phi) is 2.85. The number of hydrogen-bond donors (Lipinski definition) is 1. The number of hydrogen-bond acceptors (Lipinski definition) is 5. The van der Waals surface area contributed by atoms with E-state index in [9.17, 15) is 4.39 Å². The normalized spacial score (nSPS) is 11.1. The minimum Gasteiger partial charge on any atom is -0.326 e. The van der Waals surface area contributed by atoms with Gasteiger partial charge in [-0.3, -0.25) is 0 Å². The molecule has 0 spiro atoms. The number of nitrogens with one attached hydrogen (secondary N) is 1. The Balaban J connectivity index is 1.70. The van der Waals surface area contributed by atoms with Crippen molar-refractivity contribution in [2.45, 2.75) is 6.42 Å². The maximum atomic E-state index is 13.3. The molecule has 108 valence electrons. The van der Waals surface area contributed by atoms with Crippen molar-refractivity contribution in [3.63, 3.8) is 0 Å². The first-order valence-electron chi connectivity index (χ1n) is 6.60. The molecule has 0 bridgehead atoms. The number of aromatic nitrogens is 7. The summed E-state index contributed by atoms with van der Waals surface area (Å²) in [5, 5.41) is 4.20. The van der Waals surface area contributed by atoms with Gasteiger partial charge in [0, 0.05) is 12.6 Å². The second-order valence-electron chi connectivity index (χ2n) is 4.67. The Bertz CT molecular complexity index is 910. The molecule has 4 aromatic heterocycles. The van der Waals surface area contributed by atoms with E-state index in [-0.39, 0.29) is 0 Å². The van der Waals surface area contributed by atoms with Crippen molar-refractivity contribution in [1.29, 1.82) is 0 Å². The van der Waals surface area contributed by atoms with Gasteiger partial charge in [-0.15, -0.1) is 0 Å². The third kappa shape index (κ3) is 2.20. The molecule has 0 amide bonds. The lowest BCUT2D eigenvalue weighted by Crippen LogP contribution is -2.06. The summed E-state index contributed by atoms with van der Waals surface area (Å²) in [6.07, 6.45) is 5.25. The van der Waals surface area contributed by atoms with Crippen LogP contribution in [0.25, 0.3) is 17.0 Å². The van der Waals surface area contributed by atoms with Gasteiger partial charge < -0.3 is 4.98 Å². The lowest BCUT2D eigenvalue weighted by molar-refractivity contribution is 0.576. The fourth-order valence-electron chi connectivity index (χ4n) is 2.25. The number of fused-ring (bicyclic) bond motifs is 1. The molecule has 4 rings (SSSR count). The van der Waals surface area contributed by atoms with E-state index >= 15 is 0 Å². The van der Waals surface area contributed by atoms with Gasteiger partial charge in [-0.2, -0.15) is 9.49 Å². The second kappa shape index (κ2) is 4.99. The monoisotopic (exact) mass is 295 g/mol. The molecule has 0 saturated carbocycles. The molecule has 0 radical (unpaired) electrons. The van der Waals surface area contributed by atoms with Gasteiger partial charge in [-0.25, -0.2) is 24.6 Å². The highest BCUT2D eigenvalue weighted by atomic mass is 19.1. The molecule has 0 aliphatic carbocycles. The molecular formula is C14H10FN7. The minimum atomic E-state index is -0.544. The molecule has 0 unspecified atom stereocenters. The van der Waals surface area contributed by atoms with E-state index in [1.54, 1.807) is 29.2 Å². The summed E-state index contributed by atoms with van der Waals surface area (Å²) < 4.78 is 14.9. The molecule has 22 heavy (non-hydrogen) atoms. The molecule has 7 nitrogen and oxygen atoms in total. The zero-order chi connectivity index (χ0) is 14.9. The summed E-state index contributed by atoms with van der Waals surface area (Å²) in [7, 11) is 0. The number of nitrogens with zero attached hydrogens (tertiary/aromatic N) is 6. The van der Waals surface area contributed by atoms with Crippen LogP contribution < -0.4 is 0 Å². The van der Waals surface area contributed by atoms with E-state index < -0.39 is 5.95 Å². The number of H-pyrrole nitrogens is 1. The van der Waals surface area contributed by atoms with Crippen LogP contribution in [0.4, 0.5) is 4.39 Å². The summed E-state index contributed by atoms with van der Waals surface area (Å²) >= 11 is 0. The van der Waals surface area contributed by atoms with Crippen LogP contribution >= 0.6 is 0 Å². The van der Waals surface area contributed by atoms with E-state index in [1.807, 2.05) is 6.07 Å². The van der Waals surface area contributed by atoms with Crippen LogP contribution in [0, 0.1) is 5.95 Å². The van der Waals surface area contributed by atoms with Crippen molar-refractivity contribution in [3.8, 4) is 5.82 Å². The molecule has 0 aliphatic rings. The van der Waals surface area contributed by atoms with Crippen molar-refractivity contribution in [2.24, 2.45) is 0 Å². The smallest absolute Gasteiger partial charge is 0.214 e. The Morgan fingerprint density at radius 3 is 3.00 bits per heavy atom. The summed E-state index contributed by atoms with van der Waals surface area (Å²) in [6.45, 7) is 0. The molecule has 0 saturated heterocycles. The molecule has 4 heterocycles. The Hall–Kier alpha value is -3.16. The van der Waals surface area contributed by atoms with Crippen LogP contribution in [0.15, 0.2) is 43.0 Å². The first-order valence-corrected chi connectivity index (χ1v) is 6.60. The Labute approximate surface area is 123 Å². The maximum absolute atomic E-state index is 13.3. The lowest BCUT2D eigenvalue weighted by atomic mass is 10.3. The predicted octanol–water partition coefficient (Wildman–Crippen LogP) is 1.66. The lowest BCUT2D eigenvalue weighted by Gasteiger charge is -2.05. The third-order valence-electron chi connectivity index (χ3n) is 3.20. The van der Waals surface area contributed by atoms with E-state index in [2.05, 4.69) is 30.0 Å². The molecule has 0 fully saturated rings. The van der Waals surface area contributed by atoms with Crippen LogP contribution in [0.5, 0.6) is 0 Å². The molecule has 8 heteroatoms. The third-order valence-corrected chi connectivity index (χ3v) is 3.20. The highest BCUT2D eigenvalue weighted by Gasteiger charge is 2.11. The summed E-state index contributed by atoms with van der Waals surface area (Å²) in [6, 6.07) is 6.43. The quantitative estimate of drug-likeness (QED) is 0.581. The first kappa shape index (κ1) is 12.6. The van der Waals surface area contributed by atoms with Gasteiger partial charge >= 0.3 is 0 Å². The van der Waals surface area contributed by atoms with E-state index in [4.69, 9.17) is 0 Å². The average molecular weight is 295 g/mol. The fraction of sp³-hybridized carbons (Fsp3) is 0.0714. The number of imidazole rings is 1. The van der Waals surface area contributed by atoms with Crippen molar-refractivity contribution in [3.05, 3.63) is 60.5 Å². The van der Waals surface area contributed by atoms with Crippen LogP contribution in [0.3, 0.4) is 0 Å². The summed E-state index contributed by atoms with van der Waals surface area (Å²) in [4.78, 5) is 19.4. The molecular weight excluding hydrogens is 285 g/mol. The summed E-state index contributed by atoms with van der Waals surface area (Å²) in [5.41, 5.74) is 2.22. The highest BCUT2D eigenvalue weighted by Crippen LogP contribution is 2.14. The molecule has 0 aromatic carbocycles. The van der Waals surface area contributed by atoms with E-state index in [1.165, 1.54) is 12.4 Å². The summed E-state index contributed by atoms with van der Waals surface area (Å²) in [5.74, 6) is 0.613. The van der Waals surface area contributed by atoms with E-state index in [0.29, 0.717) is 23.4 Å². The highest BCUT2D eigenvalue weighted by molar-refractivity contribution is 5.68. The Morgan fingerprint density at radius 1 is 1.18 bits per heavy atom. The van der Waals surface area contributed by atoms with Crippen LogP contribution in [0.2, 0.25) is 0 Å². The van der Waals surface area contributed by atoms with Gasteiger partial charge in [0.2, 0.25) is 5.95 Å². The van der Waals surface area contributed by atoms with Gasteiger partial charge in [0.1, 0.15) is 17.7 Å². The minimum absolute atomic E-state index is 0.427. The average Bonchev–Trinajstić information content (AvgIpc) is 3.13. The van der Waals surface area contributed by atoms with Crippen molar-refractivity contribution in [2.75, 3.05) is 0 Å². The number of aromatic amines is 1. The number of halogens is 1. The van der Waals surface area contributed by atoms with Crippen molar-refractivity contribution in [1.82, 2.24) is 34.7 Å². The predicted molar refractivity (Wildman–Crippen MR) is 75.8 cm³/mol. The van der Waals surface area contributed by atoms with Crippen molar-refractivity contribution < 1.29 is 4.39 Å². The van der Waals surface area contributed by atoms with Gasteiger partial charge in [-0.1, -0.05) is 6.07 Å². The molecule has 4 aromatic rings. The molecule has 0 aliphatic heterocycles. The van der Waals surface area contributed by atoms with Gasteiger partial charge in [0.05, 0.1) is 11.9 Å². The first-order chi connectivity index (χ1) is 10.8. The van der Waals surface area contributed by atoms with Gasteiger partial charge in [-0.05, 0) is 18.2 Å². The topological polar surface area (TPSA) is 85.2 Å². The standard InChI is InChI=1S/C14H10FN7/c15-11-2-1-3-13(20-11)22-9(4-5-18-22)6-12-19-10-7-16-8-17-14(10)21-12/h1-5,7-8H,6H2,(H,16,17,19,21). The number of rotatable bonds is 3. The maximum Gasteiger partial charge on any atom is 0.214 e. The second-order valence-corrected chi connectivity index (χ2v) is 4.67. The molecule has 1 N–H and O–H groups in total. The Morgan fingerprint density at radius 2 is 2.14 bits per heavy atom. The largest absolute Gasteiger partial charge is 0.326 e. The van der Waals surface area contributed by atoms with Crippen LogP contribution in [0.1, 0.15) is 11.5 Å². The zero-order valence-corrected chi connectivity index (χ0v) is 11.3. The van der Waals surface area contributed by atoms with Crippen LogP contribution in [-0.2, 0) is 6.42 Å². The fourth-order valence-corrected chi connectivity index (χ4v) is 2.25. The van der Waals surface area contributed by atoms with Gasteiger partial charge in [0.25, 0.3) is 0 Å². The van der Waals surface area contributed by atoms with Gasteiger partial charge in [0.15, 0.2) is 11.5 Å². The van der Waals surface area contributed by atoms with E-state index in [0.717, 1.165) is 11.5 Å². The molecule has 0 atom stereocenters. The number of pyridine rings is 1.